The molecular weight excluding hydrogens is 289 g/mol. The minimum absolute atomic E-state index is 0.140. The minimum atomic E-state index is -4.35. The molecule has 2 nitrogen and oxygen atoms in total. The van der Waals surface area contributed by atoms with E-state index in [2.05, 4.69) is 0 Å². The Kier molecular flexibility index (Phi) is 3.25. The summed E-state index contributed by atoms with van der Waals surface area (Å²) in [5.74, 6) is 1.34. The summed E-state index contributed by atoms with van der Waals surface area (Å²) in [5.41, 5.74) is 0. The van der Waals surface area contributed by atoms with Crippen LogP contribution in [0.4, 0.5) is 13.2 Å². The van der Waals surface area contributed by atoms with Gasteiger partial charge in [-0.2, -0.15) is 13.2 Å². The number of para-hydroxylation sites is 1. The smallest absolute Gasteiger partial charge is 0.422 e. The van der Waals surface area contributed by atoms with Crippen LogP contribution in [0.25, 0.3) is 0 Å². The third-order valence-electron chi connectivity index (χ3n) is 2.61. The Morgan fingerprint density at radius 2 is 1.75 bits per heavy atom. The van der Waals surface area contributed by atoms with Crippen LogP contribution in [0.3, 0.4) is 0 Å². The highest BCUT2D eigenvalue weighted by molar-refractivity contribution is 7.99. The first-order valence-corrected chi connectivity index (χ1v) is 6.61. The van der Waals surface area contributed by atoms with Gasteiger partial charge in [0, 0.05) is 6.07 Å². The van der Waals surface area contributed by atoms with Crippen LogP contribution in [0.2, 0.25) is 0 Å². The first kappa shape index (κ1) is 13.2. The van der Waals surface area contributed by atoms with E-state index >= 15 is 0 Å². The Balaban J connectivity index is 1.81. The summed E-state index contributed by atoms with van der Waals surface area (Å²) in [4.78, 5) is 1.83. The van der Waals surface area contributed by atoms with Crippen molar-refractivity contribution in [3.63, 3.8) is 0 Å². The maximum Gasteiger partial charge on any atom is 0.422 e. The zero-order valence-electron chi connectivity index (χ0n) is 10.1. The largest absolute Gasteiger partial charge is 0.484 e. The van der Waals surface area contributed by atoms with Gasteiger partial charge in [-0.05, 0) is 24.3 Å². The van der Waals surface area contributed by atoms with Gasteiger partial charge in [0.2, 0.25) is 0 Å². The number of ether oxygens (including phenoxy) is 2. The van der Waals surface area contributed by atoms with Crippen molar-refractivity contribution in [1.82, 2.24) is 0 Å². The Labute approximate surface area is 117 Å². The second-order valence-electron chi connectivity index (χ2n) is 4.16. The van der Waals surface area contributed by atoms with Gasteiger partial charge in [0.05, 0.1) is 9.79 Å². The van der Waals surface area contributed by atoms with Crippen molar-refractivity contribution in [2.45, 2.75) is 16.0 Å². The lowest BCUT2D eigenvalue weighted by Gasteiger charge is -2.20. The lowest BCUT2D eigenvalue weighted by molar-refractivity contribution is -0.153. The van der Waals surface area contributed by atoms with Gasteiger partial charge in [0.15, 0.2) is 6.61 Å². The molecule has 2 aromatic rings. The van der Waals surface area contributed by atoms with Gasteiger partial charge in [-0.1, -0.05) is 23.9 Å². The number of hydrogen-bond acceptors (Lipinski definition) is 3. The van der Waals surface area contributed by atoms with Crippen LogP contribution < -0.4 is 9.47 Å². The van der Waals surface area contributed by atoms with E-state index in [1.165, 1.54) is 23.9 Å². The van der Waals surface area contributed by atoms with Gasteiger partial charge in [0.1, 0.15) is 17.2 Å². The molecule has 0 fully saturated rings. The van der Waals surface area contributed by atoms with Crippen molar-refractivity contribution in [3.8, 4) is 17.2 Å². The number of halogens is 3. The number of rotatable bonds is 2. The number of fused-ring (bicyclic) bond motifs is 2. The van der Waals surface area contributed by atoms with Crippen molar-refractivity contribution in [2.75, 3.05) is 6.61 Å². The first-order chi connectivity index (χ1) is 9.51. The number of alkyl halides is 3. The topological polar surface area (TPSA) is 18.5 Å². The van der Waals surface area contributed by atoms with Crippen molar-refractivity contribution in [1.29, 1.82) is 0 Å². The van der Waals surface area contributed by atoms with E-state index in [1.54, 1.807) is 6.07 Å². The molecule has 6 heteroatoms. The van der Waals surface area contributed by atoms with Gasteiger partial charge in [-0.15, -0.1) is 0 Å². The fraction of sp³-hybridized carbons (Fsp3) is 0.143. The molecule has 20 heavy (non-hydrogen) atoms. The van der Waals surface area contributed by atoms with Crippen molar-refractivity contribution >= 4 is 11.8 Å². The summed E-state index contributed by atoms with van der Waals surface area (Å²) in [6, 6.07) is 12.2. The summed E-state index contributed by atoms with van der Waals surface area (Å²) in [7, 11) is 0. The maximum absolute atomic E-state index is 12.1. The number of benzene rings is 2. The van der Waals surface area contributed by atoms with E-state index < -0.39 is 12.8 Å². The van der Waals surface area contributed by atoms with Gasteiger partial charge < -0.3 is 9.47 Å². The molecule has 0 amide bonds. The van der Waals surface area contributed by atoms with Crippen LogP contribution in [0.1, 0.15) is 0 Å². The third-order valence-corrected chi connectivity index (χ3v) is 3.72. The molecule has 0 spiro atoms. The Morgan fingerprint density at radius 3 is 2.55 bits per heavy atom. The average molecular weight is 298 g/mol. The molecular formula is C14H9F3O2S. The van der Waals surface area contributed by atoms with Crippen LogP contribution in [0, 0.1) is 0 Å². The molecule has 0 bridgehead atoms. The van der Waals surface area contributed by atoms with E-state index in [9.17, 15) is 13.2 Å². The molecule has 0 aliphatic carbocycles. The molecule has 104 valence electrons. The quantitative estimate of drug-likeness (QED) is 0.671. The summed E-state index contributed by atoms with van der Waals surface area (Å²) in [6.07, 6.45) is -4.35. The van der Waals surface area contributed by atoms with Crippen LogP contribution in [-0.4, -0.2) is 12.8 Å². The molecule has 0 N–H and O–H groups in total. The van der Waals surface area contributed by atoms with E-state index in [0.717, 1.165) is 9.79 Å². The standard InChI is InChI=1S/C14H9F3O2S/c15-14(16,17)8-18-9-5-6-13-11(7-9)19-10-3-1-2-4-12(10)20-13/h1-7H,8H2. The summed E-state index contributed by atoms with van der Waals surface area (Å²) in [5, 5.41) is 0. The van der Waals surface area contributed by atoms with Gasteiger partial charge >= 0.3 is 6.18 Å². The zero-order valence-corrected chi connectivity index (χ0v) is 10.9. The molecule has 1 aliphatic heterocycles. The SMILES string of the molecule is FC(F)(F)COc1ccc2c(c1)Oc1ccccc1S2. The highest BCUT2D eigenvalue weighted by Gasteiger charge is 2.28. The molecule has 0 saturated heterocycles. The molecule has 3 rings (SSSR count). The summed E-state index contributed by atoms with van der Waals surface area (Å²) >= 11 is 1.51. The molecule has 0 radical (unpaired) electrons. The minimum Gasteiger partial charge on any atom is -0.484 e. The van der Waals surface area contributed by atoms with E-state index in [4.69, 9.17) is 9.47 Å². The van der Waals surface area contributed by atoms with Crippen molar-refractivity contribution in [2.24, 2.45) is 0 Å². The normalized spacial score (nSPS) is 13.2. The molecule has 0 unspecified atom stereocenters. The maximum atomic E-state index is 12.1. The summed E-state index contributed by atoms with van der Waals surface area (Å²) < 4.78 is 46.7. The van der Waals surface area contributed by atoms with E-state index in [-0.39, 0.29) is 5.75 Å². The lowest BCUT2D eigenvalue weighted by Crippen LogP contribution is -2.19. The zero-order chi connectivity index (χ0) is 14.2. The highest BCUT2D eigenvalue weighted by Crippen LogP contribution is 2.47. The van der Waals surface area contributed by atoms with E-state index in [1.807, 2.05) is 24.3 Å². The predicted octanol–water partition coefficient (Wildman–Crippen LogP) is 4.88. The molecule has 0 atom stereocenters. The van der Waals surface area contributed by atoms with Gasteiger partial charge in [-0.25, -0.2) is 0 Å². The van der Waals surface area contributed by atoms with Crippen molar-refractivity contribution < 1.29 is 22.6 Å². The first-order valence-electron chi connectivity index (χ1n) is 5.80. The van der Waals surface area contributed by atoms with Crippen molar-refractivity contribution in [3.05, 3.63) is 42.5 Å². The lowest BCUT2D eigenvalue weighted by atomic mass is 10.3. The monoisotopic (exact) mass is 298 g/mol. The van der Waals surface area contributed by atoms with Gasteiger partial charge in [0.25, 0.3) is 0 Å². The second kappa shape index (κ2) is 4.94. The Bertz CT molecular complexity index is 641. The Hall–Kier alpha value is -1.82. The van der Waals surface area contributed by atoms with Gasteiger partial charge in [-0.3, -0.25) is 0 Å². The summed E-state index contributed by atoms with van der Waals surface area (Å²) in [6.45, 7) is -1.31. The molecule has 1 heterocycles. The van der Waals surface area contributed by atoms with Crippen LogP contribution >= 0.6 is 11.8 Å². The van der Waals surface area contributed by atoms with Crippen LogP contribution in [0.15, 0.2) is 52.3 Å². The molecule has 0 saturated carbocycles. The fourth-order valence-electron chi connectivity index (χ4n) is 1.76. The number of hydrogen-bond donors (Lipinski definition) is 0. The van der Waals surface area contributed by atoms with Crippen LogP contribution in [0.5, 0.6) is 17.2 Å². The average Bonchev–Trinajstić information content (AvgIpc) is 2.42. The van der Waals surface area contributed by atoms with Crippen LogP contribution in [-0.2, 0) is 0 Å². The molecule has 1 aliphatic rings. The third kappa shape index (κ3) is 2.85. The Morgan fingerprint density at radius 1 is 1.00 bits per heavy atom. The fourth-order valence-corrected chi connectivity index (χ4v) is 2.69. The van der Waals surface area contributed by atoms with E-state index in [0.29, 0.717) is 11.5 Å². The molecule has 2 aromatic carbocycles. The molecule has 0 aromatic heterocycles. The highest BCUT2D eigenvalue weighted by atomic mass is 32.2. The predicted molar refractivity (Wildman–Crippen MR) is 68.6 cm³/mol. The second-order valence-corrected chi connectivity index (χ2v) is 5.25.